The van der Waals surface area contributed by atoms with Gasteiger partial charge in [0.05, 0.1) is 0 Å². The molecule has 110 valence electrons. The molecule has 0 bridgehead atoms. The molecule has 0 N–H and O–H groups in total. The molecule has 1 nitrogen and oxygen atoms in total. The van der Waals surface area contributed by atoms with Crippen molar-refractivity contribution in [2.24, 2.45) is 7.05 Å². The Morgan fingerprint density at radius 2 is 1.53 bits per heavy atom. The molecule has 10 heteroatoms. The van der Waals surface area contributed by atoms with Gasteiger partial charge >= 0.3 is 33.0 Å². The second-order valence-electron chi connectivity index (χ2n) is 3.56. The Labute approximate surface area is 113 Å². The SMILES string of the molecule is CSc1sc2ccccc2[n+]1C.F[P-](F)(F)(F)(F)F. The van der Waals surface area contributed by atoms with Gasteiger partial charge in [-0.25, -0.2) is 0 Å². The van der Waals surface area contributed by atoms with Gasteiger partial charge in [0.25, 0.3) is 4.34 Å². The molecule has 0 amide bonds. The quantitative estimate of drug-likeness (QED) is 0.273. The number of aryl methyl sites for hydroxylation is 1. The van der Waals surface area contributed by atoms with Gasteiger partial charge in [0.1, 0.15) is 11.7 Å². The van der Waals surface area contributed by atoms with Gasteiger partial charge in [0.15, 0.2) is 0 Å². The fourth-order valence-electron chi connectivity index (χ4n) is 1.26. The molecule has 1 aromatic carbocycles. The molecule has 0 saturated heterocycles. The summed E-state index contributed by atoms with van der Waals surface area (Å²) in [6, 6.07) is 8.49. The first-order chi connectivity index (χ1) is 8.28. The molecule has 0 aliphatic carbocycles. The van der Waals surface area contributed by atoms with Crippen LogP contribution >= 0.6 is 30.9 Å². The fourth-order valence-corrected chi connectivity index (χ4v) is 3.11. The van der Waals surface area contributed by atoms with Crippen LogP contribution in [-0.2, 0) is 7.05 Å². The standard InChI is InChI=1S/C9H10NS2.F6P/c1-10-7-5-3-4-6-8(7)12-9(10)11-2;1-7(2,3,4,5)6/h3-6H,1-2H3;/q+1;-1. The molecule has 0 radical (unpaired) electrons. The van der Waals surface area contributed by atoms with Gasteiger partial charge < -0.3 is 0 Å². The first kappa shape index (κ1) is 16.5. The summed E-state index contributed by atoms with van der Waals surface area (Å²) in [5.74, 6) is 0. The fraction of sp³-hybridized carbons (Fsp3) is 0.222. The third-order valence-corrected chi connectivity index (χ3v) is 4.26. The number of fused-ring (bicyclic) bond motifs is 1. The van der Waals surface area contributed by atoms with E-state index in [-0.39, 0.29) is 0 Å². The summed E-state index contributed by atoms with van der Waals surface area (Å²) in [5, 5.41) is 0. The second kappa shape index (κ2) is 4.49. The van der Waals surface area contributed by atoms with Crippen LogP contribution in [-0.4, -0.2) is 6.26 Å². The van der Waals surface area contributed by atoms with Crippen LogP contribution in [0.25, 0.3) is 10.2 Å². The zero-order valence-corrected chi connectivity index (χ0v) is 12.3. The number of para-hydroxylation sites is 1. The van der Waals surface area contributed by atoms with E-state index in [0.29, 0.717) is 0 Å². The number of thiazole rings is 1. The van der Waals surface area contributed by atoms with Crippen molar-refractivity contribution < 1.29 is 29.7 Å². The van der Waals surface area contributed by atoms with Gasteiger partial charge in [-0.1, -0.05) is 23.5 Å². The molecular weight excluding hydrogens is 331 g/mol. The summed E-state index contributed by atoms with van der Waals surface area (Å²) in [5.41, 5.74) is 1.33. The van der Waals surface area contributed by atoms with Crippen LogP contribution in [0.3, 0.4) is 0 Å². The zero-order chi connectivity index (χ0) is 15.0. The summed E-state index contributed by atoms with van der Waals surface area (Å²) in [6.07, 6.45) is 2.12. The van der Waals surface area contributed by atoms with E-state index in [2.05, 4.69) is 42.1 Å². The van der Waals surface area contributed by atoms with Gasteiger partial charge in [0, 0.05) is 6.07 Å². The summed E-state index contributed by atoms with van der Waals surface area (Å²) in [6.45, 7) is 0. The third-order valence-electron chi connectivity index (χ3n) is 1.87. The Hall–Kier alpha value is -0.530. The van der Waals surface area contributed by atoms with Crippen molar-refractivity contribution >= 4 is 41.1 Å². The topological polar surface area (TPSA) is 3.88 Å². The van der Waals surface area contributed by atoms with Gasteiger partial charge in [-0.05, 0) is 24.1 Å². The summed E-state index contributed by atoms with van der Waals surface area (Å²) in [7, 11) is -8.54. The number of halogens is 6. The van der Waals surface area contributed by atoms with Gasteiger partial charge in [-0.2, -0.15) is 4.57 Å². The van der Waals surface area contributed by atoms with Crippen LogP contribution in [0.15, 0.2) is 28.6 Å². The van der Waals surface area contributed by atoms with E-state index < -0.39 is 7.81 Å². The predicted molar refractivity (Wildman–Crippen MR) is 68.4 cm³/mol. The molecule has 19 heavy (non-hydrogen) atoms. The van der Waals surface area contributed by atoms with Crippen LogP contribution < -0.4 is 4.57 Å². The van der Waals surface area contributed by atoms with Crippen molar-refractivity contribution in [3.05, 3.63) is 24.3 Å². The number of hydrogen-bond acceptors (Lipinski definition) is 2. The Bertz CT molecular complexity index is 580. The Kier molecular flexibility index (Phi) is 3.91. The maximum absolute atomic E-state index is 10.7. The van der Waals surface area contributed by atoms with Crippen LogP contribution in [0.4, 0.5) is 25.2 Å². The maximum atomic E-state index is 9.87. The Morgan fingerprint density at radius 1 is 1.05 bits per heavy atom. The molecule has 0 spiro atoms. The van der Waals surface area contributed by atoms with E-state index in [9.17, 15) is 25.2 Å². The normalized spacial score (nSPS) is 15.4. The molecule has 0 unspecified atom stereocenters. The van der Waals surface area contributed by atoms with Crippen LogP contribution in [0, 0.1) is 0 Å². The molecule has 1 heterocycles. The van der Waals surface area contributed by atoms with Crippen molar-refractivity contribution in [2.45, 2.75) is 4.34 Å². The first-order valence-electron chi connectivity index (χ1n) is 4.76. The predicted octanol–water partition coefficient (Wildman–Crippen LogP) is 5.83. The van der Waals surface area contributed by atoms with Crippen molar-refractivity contribution in [3.63, 3.8) is 0 Å². The second-order valence-corrected chi connectivity index (χ2v) is 7.56. The first-order valence-corrected chi connectivity index (χ1v) is 8.83. The third kappa shape index (κ3) is 6.98. The van der Waals surface area contributed by atoms with Gasteiger partial charge in [-0.3, -0.25) is 0 Å². The number of nitrogens with zero attached hydrogens (tertiary/aromatic N) is 1. The van der Waals surface area contributed by atoms with Gasteiger partial charge in [0.2, 0.25) is 5.52 Å². The molecule has 2 aromatic rings. The Morgan fingerprint density at radius 3 is 1.95 bits per heavy atom. The number of rotatable bonds is 1. The van der Waals surface area contributed by atoms with Crippen LogP contribution in [0.2, 0.25) is 0 Å². The van der Waals surface area contributed by atoms with E-state index in [0.717, 1.165) is 0 Å². The van der Waals surface area contributed by atoms with Crippen LogP contribution in [0.5, 0.6) is 0 Å². The number of benzene rings is 1. The molecule has 0 fully saturated rings. The van der Waals surface area contributed by atoms with E-state index in [1.807, 2.05) is 11.3 Å². The number of thioether (sulfide) groups is 1. The molecule has 1 aromatic heterocycles. The van der Waals surface area contributed by atoms with E-state index in [4.69, 9.17) is 0 Å². The molecular formula is C9H10F6NPS2. The van der Waals surface area contributed by atoms with Gasteiger partial charge in [-0.15, -0.1) is 0 Å². The van der Waals surface area contributed by atoms with E-state index in [1.165, 1.54) is 14.6 Å². The van der Waals surface area contributed by atoms with E-state index >= 15 is 0 Å². The summed E-state index contributed by atoms with van der Waals surface area (Å²) < 4.78 is 64.2. The Balaban J connectivity index is 0.000000224. The molecule has 0 atom stereocenters. The summed E-state index contributed by atoms with van der Waals surface area (Å²) >= 11 is 3.65. The van der Waals surface area contributed by atoms with Crippen molar-refractivity contribution in [1.29, 1.82) is 0 Å². The molecule has 0 aliphatic heterocycles. The van der Waals surface area contributed by atoms with E-state index in [1.54, 1.807) is 11.8 Å². The summed E-state index contributed by atoms with van der Waals surface area (Å²) in [4.78, 5) is 0. The van der Waals surface area contributed by atoms with Crippen LogP contribution in [0.1, 0.15) is 0 Å². The molecule has 0 aliphatic rings. The number of aromatic nitrogens is 1. The number of hydrogen-bond donors (Lipinski definition) is 0. The molecule has 0 saturated carbocycles. The molecule has 2 rings (SSSR count). The average molecular weight is 341 g/mol. The van der Waals surface area contributed by atoms with Crippen molar-refractivity contribution in [3.8, 4) is 0 Å². The average Bonchev–Trinajstić information content (AvgIpc) is 2.52. The minimum absolute atomic E-state index is 1.33. The van der Waals surface area contributed by atoms with Crippen molar-refractivity contribution in [2.75, 3.05) is 6.26 Å². The monoisotopic (exact) mass is 341 g/mol. The van der Waals surface area contributed by atoms with Crippen molar-refractivity contribution in [1.82, 2.24) is 0 Å². The minimum atomic E-state index is -10.7. The zero-order valence-electron chi connectivity index (χ0n) is 9.79.